The molecular weight excluding hydrogens is 330 g/mol. The van der Waals surface area contributed by atoms with E-state index in [0.29, 0.717) is 5.58 Å². The molecule has 3 rings (SSSR count). The van der Waals surface area contributed by atoms with Gasteiger partial charge in [-0.2, -0.15) is 0 Å². The number of benzene rings is 2. The van der Waals surface area contributed by atoms with Gasteiger partial charge in [0.2, 0.25) is 0 Å². The SMILES string of the molecule is OC(c1cc2cccc(Br)c2o1)c1ccc(F)cc1F. The van der Waals surface area contributed by atoms with Gasteiger partial charge in [-0.15, -0.1) is 0 Å². The van der Waals surface area contributed by atoms with Crippen molar-refractivity contribution in [3.63, 3.8) is 0 Å². The van der Waals surface area contributed by atoms with E-state index in [0.717, 1.165) is 22.0 Å². The van der Waals surface area contributed by atoms with Gasteiger partial charge in [0.25, 0.3) is 0 Å². The van der Waals surface area contributed by atoms with Gasteiger partial charge >= 0.3 is 0 Å². The van der Waals surface area contributed by atoms with Crippen LogP contribution < -0.4 is 0 Å². The lowest BCUT2D eigenvalue weighted by molar-refractivity contribution is 0.187. The highest BCUT2D eigenvalue weighted by Crippen LogP contribution is 2.32. The molecule has 1 N–H and O–H groups in total. The van der Waals surface area contributed by atoms with Gasteiger partial charge in [0.1, 0.15) is 29.1 Å². The maximum atomic E-state index is 13.7. The first-order valence-corrected chi connectivity index (χ1v) is 6.66. The molecule has 0 aliphatic carbocycles. The number of hydrogen-bond acceptors (Lipinski definition) is 2. The second kappa shape index (κ2) is 5.00. The highest BCUT2D eigenvalue weighted by molar-refractivity contribution is 9.10. The van der Waals surface area contributed by atoms with Crippen molar-refractivity contribution in [1.82, 2.24) is 0 Å². The largest absolute Gasteiger partial charge is 0.457 e. The van der Waals surface area contributed by atoms with Gasteiger partial charge in [0.15, 0.2) is 0 Å². The molecular formula is C15H9BrF2O2. The molecule has 0 aliphatic heterocycles. The summed E-state index contributed by atoms with van der Waals surface area (Å²) < 4.78 is 32.8. The molecule has 2 nitrogen and oxygen atoms in total. The average Bonchev–Trinajstić information content (AvgIpc) is 2.83. The maximum absolute atomic E-state index is 13.7. The van der Waals surface area contributed by atoms with Crippen molar-refractivity contribution in [1.29, 1.82) is 0 Å². The molecule has 0 spiro atoms. The van der Waals surface area contributed by atoms with Crippen LogP contribution in [0.25, 0.3) is 11.0 Å². The summed E-state index contributed by atoms with van der Waals surface area (Å²) in [6.07, 6.45) is -1.28. The monoisotopic (exact) mass is 338 g/mol. The second-order valence-corrected chi connectivity index (χ2v) is 5.23. The van der Waals surface area contributed by atoms with E-state index in [1.54, 1.807) is 12.1 Å². The van der Waals surface area contributed by atoms with Crippen LogP contribution in [0.5, 0.6) is 0 Å². The molecule has 0 aliphatic rings. The lowest BCUT2D eigenvalue weighted by Crippen LogP contribution is -2.01. The Kier molecular flexibility index (Phi) is 3.31. The van der Waals surface area contributed by atoms with Crippen LogP contribution in [-0.4, -0.2) is 5.11 Å². The third kappa shape index (κ3) is 2.23. The third-order valence-corrected chi connectivity index (χ3v) is 3.67. The zero-order chi connectivity index (χ0) is 14.3. The van der Waals surface area contributed by atoms with Gasteiger partial charge in [-0.1, -0.05) is 18.2 Å². The van der Waals surface area contributed by atoms with E-state index in [2.05, 4.69) is 15.9 Å². The van der Waals surface area contributed by atoms with E-state index in [4.69, 9.17) is 4.42 Å². The summed E-state index contributed by atoms with van der Waals surface area (Å²) in [4.78, 5) is 0. The molecule has 1 aromatic heterocycles. The molecule has 102 valence electrons. The van der Waals surface area contributed by atoms with Crippen molar-refractivity contribution in [2.75, 3.05) is 0 Å². The first-order chi connectivity index (χ1) is 9.56. The van der Waals surface area contributed by atoms with Gasteiger partial charge in [-0.25, -0.2) is 8.78 Å². The van der Waals surface area contributed by atoms with Crippen molar-refractivity contribution in [3.05, 3.63) is 69.9 Å². The number of aliphatic hydroxyl groups is 1. The van der Waals surface area contributed by atoms with Crippen molar-refractivity contribution in [3.8, 4) is 0 Å². The van der Waals surface area contributed by atoms with Crippen molar-refractivity contribution < 1.29 is 18.3 Å². The highest BCUT2D eigenvalue weighted by Gasteiger charge is 2.20. The average molecular weight is 339 g/mol. The Bertz CT molecular complexity index is 783. The number of halogens is 3. The lowest BCUT2D eigenvalue weighted by Gasteiger charge is -2.09. The smallest absolute Gasteiger partial charge is 0.148 e. The number of fused-ring (bicyclic) bond motifs is 1. The Labute approximate surface area is 121 Å². The predicted octanol–water partition coefficient (Wildman–Crippen LogP) is 4.56. The van der Waals surface area contributed by atoms with Crippen molar-refractivity contribution in [2.45, 2.75) is 6.10 Å². The number of rotatable bonds is 2. The van der Waals surface area contributed by atoms with E-state index in [9.17, 15) is 13.9 Å². The number of para-hydroxylation sites is 1. The second-order valence-electron chi connectivity index (χ2n) is 4.38. The van der Waals surface area contributed by atoms with Crippen molar-refractivity contribution >= 4 is 26.9 Å². The molecule has 5 heteroatoms. The summed E-state index contributed by atoms with van der Waals surface area (Å²) in [6, 6.07) is 10.1. The molecule has 0 amide bonds. The fraction of sp³-hybridized carbons (Fsp3) is 0.0667. The molecule has 0 fully saturated rings. The maximum Gasteiger partial charge on any atom is 0.148 e. The summed E-state index contributed by atoms with van der Waals surface area (Å²) >= 11 is 3.34. The van der Waals surface area contributed by atoms with Crippen LogP contribution in [0.2, 0.25) is 0 Å². The standard InChI is InChI=1S/C15H9BrF2O2/c16-11-3-1-2-8-6-13(20-15(8)11)14(19)10-5-4-9(17)7-12(10)18/h1-7,14,19H. The first-order valence-electron chi connectivity index (χ1n) is 5.87. The molecule has 0 radical (unpaired) electrons. The summed E-state index contributed by atoms with van der Waals surface area (Å²) in [5.74, 6) is -1.29. The van der Waals surface area contributed by atoms with Crippen LogP contribution in [0.3, 0.4) is 0 Å². The van der Waals surface area contributed by atoms with E-state index < -0.39 is 17.7 Å². The van der Waals surface area contributed by atoms with E-state index in [1.807, 2.05) is 12.1 Å². The third-order valence-electron chi connectivity index (χ3n) is 3.04. The van der Waals surface area contributed by atoms with Gasteiger partial charge in [0.05, 0.1) is 4.47 Å². The van der Waals surface area contributed by atoms with Crippen LogP contribution in [0.1, 0.15) is 17.4 Å². The zero-order valence-electron chi connectivity index (χ0n) is 10.1. The van der Waals surface area contributed by atoms with E-state index in [1.165, 1.54) is 6.07 Å². The molecule has 2 aromatic carbocycles. The minimum Gasteiger partial charge on any atom is -0.457 e. The first kappa shape index (κ1) is 13.3. The van der Waals surface area contributed by atoms with Gasteiger partial charge in [0, 0.05) is 17.0 Å². The normalized spacial score (nSPS) is 12.8. The van der Waals surface area contributed by atoms with Crippen LogP contribution in [-0.2, 0) is 0 Å². The molecule has 3 aromatic rings. The number of furan rings is 1. The van der Waals surface area contributed by atoms with Crippen LogP contribution in [0.15, 0.2) is 51.4 Å². The fourth-order valence-electron chi connectivity index (χ4n) is 2.06. The minimum absolute atomic E-state index is 0.0263. The molecule has 0 bridgehead atoms. The number of hydrogen-bond donors (Lipinski definition) is 1. The van der Waals surface area contributed by atoms with Crippen molar-refractivity contribution in [2.24, 2.45) is 0 Å². The molecule has 0 saturated heterocycles. The van der Waals surface area contributed by atoms with E-state index >= 15 is 0 Å². The Balaban J connectivity index is 2.08. The molecule has 1 heterocycles. The fourth-order valence-corrected chi connectivity index (χ4v) is 2.52. The van der Waals surface area contributed by atoms with Crippen LogP contribution in [0.4, 0.5) is 8.78 Å². The van der Waals surface area contributed by atoms with Gasteiger partial charge < -0.3 is 9.52 Å². The van der Waals surface area contributed by atoms with Crippen LogP contribution in [0, 0.1) is 11.6 Å². The van der Waals surface area contributed by atoms with Gasteiger partial charge in [-0.05, 0) is 34.1 Å². The van der Waals surface area contributed by atoms with Gasteiger partial charge in [-0.3, -0.25) is 0 Å². The topological polar surface area (TPSA) is 33.4 Å². The highest BCUT2D eigenvalue weighted by atomic mass is 79.9. The Hall–Kier alpha value is -1.72. The summed E-state index contributed by atoms with van der Waals surface area (Å²) in [5, 5.41) is 11.0. The Morgan fingerprint density at radius 3 is 2.60 bits per heavy atom. The summed E-state index contributed by atoms with van der Waals surface area (Å²) in [5.41, 5.74) is 0.547. The lowest BCUT2D eigenvalue weighted by atomic mass is 10.1. The van der Waals surface area contributed by atoms with E-state index in [-0.39, 0.29) is 11.3 Å². The molecule has 1 unspecified atom stereocenters. The number of aliphatic hydroxyl groups excluding tert-OH is 1. The molecule has 0 saturated carbocycles. The summed E-state index contributed by atoms with van der Waals surface area (Å²) in [7, 11) is 0. The Morgan fingerprint density at radius 1 is 1.10 bits per heavy atom. The minimum atomic E-state index is -1.28. The molecule has 1 atom stereocenters. The molecule has 20 heavy (non-hydrogen) atoms. The van der Waals surface area contributed by atoms with Crippen LogP contribution >= 0.6 is 15.9 Å². The Morgan fingerprint density at radius 2 is 1.90 bits per heavy atom. The summed E-state index contributed by atoms with van der Waals surface area (Å²) in [6.45, 7) is 0. The predicted molar refractivity (Wildman–Crippen MR) is 74.3 cm³/mol. The zero-order valence-corrected chi connectivity index (χ0v) is 11.7. The quantitative estimate of drug-likeness (QED) is 0.743.